The van der Waals surface area contributed by atoms with Gasteiger partial charge in [0.05, 0.1) is 0 Å². The van der Waals surface area contributed by atoms with E-state index in [0.29, 0.717) is 12.1 Å². The van der Waals surface area contributed by atoms with E-state index in [0.717, 1.165) is 6.07 Å². The van der Waals surface area contributed by atoms with Gasteiger partial charge in [-0.1, -0.05) is 15.9 Å². The van der Waals surface area contributed by atoms with Crippen LogP contribution in [-0.4, -0.2) is 48.0 Å². The van der Waals surface area contributed by atoms with Crippen LogP contribution >= 0.6 is 15.9 Å². The number of alkyl halides is 14. The molecule has 1 rings (SSSR count). The summed E-state index contributed by atoms with van der Waals surface area (Å²) in [6, 6.07) is 1.64. The van der Waals surface area contributed by atoms with Crippen LogP contribution in [0.25, 0.3) is 0 Å². The van der Waals surface area contributed by atoms with Crippen LogP contribution in [0.4, 0.5) is 61.5 Å². The largest absolute Gasteiger partial charge is 0.460 e. The first-order valence-corrected chi connectivity index (χ1v) is 8.53. The average Bonchev–Trinajstić information content (AvgIpc) is 2.65. The third-order valence-corrected chi connectivity index (χ3v) is 4.09. The third kappa shape index (κ3) is 5.32. The average molecular weight is 595 g/mol. The van der Waals surface area contributed by atoms with E-state index < -0.39 is 65.9 Å². The fourth-order valence-electron chi connectivity index (χ4n) is 1.77. The SMILES string of the molecule is O=C(OCc1cc(Br)ccc1OC(=O)C(F)(F)C(F)(F)C(F)(F)F)C(F)(F)C(F)(F)C(F)(F)F. The van der Waals surface area contributed by atoms with Crippen LogP contribution in [-0.2, 0) is 20.9 Å². The zero-order valence-corrected chi connectivity index (χ0v) is 16.8. The molecule has 1 aromatic rings. The molecular weight excluding hydrogens is 590 g/mol. The molecule has 0 N–H and O–H groups in total. The fraction of sp³-hybridized carbons (Fsp3) is 0.467. The lowest BCUT2D eigenvalue weighted by molar-refractivity contribution is -0.348. The van der Waals surface area contributed by atoms with Gasteiger partial charge in [-0.2, -0.15) is 61.5 Å². The van der Waals surface area contributed by atoms with Gasteiger partial charge in [0.15, 0.2) is 0 Å². The Kier molecular flexibility index (Phi) is 7.88. The van der Waals surface area contributed by atoms with Crippen LogP contribution in [0.15, 0.2) is 22.7 Å². The molecular formula is C15H5BrF14O4. The minimum atomic E-state index is -6.95. The van der Waals surface area contributed by atoms with Crippen LogP contribution in [0, 0.1) is 0 Å². The standard InChI is InChI=1S/C15H5BrF14O4/c16-6-1-2-7(34-9(32)11(19,20)13(23,24)15(28,29)30)5(3-6)4-33-8(31)10(17,18)12(21,22)14(25,26)27/h1-3H,4H2. The molecule has 4 nitrogen and oxygen atoms in total. The number of carbonyl (C=O) groups is 2. The molecule has 0 spiro atoms. The van der Waals surface area contributed by atoms with Gasteiger partial charge in [0.25, 0.3) is 0 Å². The molecule has 194 valence electrons. The normalized spacial score (nSPS) is 14.1. The molecule has 0 aliphatic heterocycles. The summed E-state index contributed by atoms with van der Waals surface area (Å²) in [5.74, 6) is -35.4. The second kappa shape index (κ2) is 9.03. The second-order valence-corrected chi connectivity index (χ2v) is 6.93. The Bertz CT molecular complexity index is 938. The quantitative estimate of drug-likeness (QED) is 0.219. The van der Waals surface area contributed by atoms with Crippen LogP contribution in [0.5, 0.6) is 5.75 Å². The molecule has 0 bridgehead atoms. The minimum Gasteiger partial charge on any atom is -0.456 e. The van der Waals surface area contributed by atoms with Crippen LogP contribution in [0.2, 0.25) is 0 Å². The summed E-state index contributed by atoms with van der Waals surface area (Å²) in [6.45, 7) is -1.81. The number of hydrogen-bond donors (Lipinski definition) is 0. The molecule has 0 saturated heterocycles. The Morgan fingerprint density at radius 2 is 1.12 bits per heavy atom. The summed E-state index contributed by atoms with van der Waals surface area (Å²) in [6.07, 6.45) is -13.9. The number of halogens is 15. The van der Waals surface area contributed by atoms with E-state index in [1.165, 1.54) is 0 Å². The molecule has 34 heavy (non-hydrogen) atoms. The smallest absolute Gasteiger partial charge is 0.456 e. The van der Waals surface area contributed by atoms with Gasteiger partial charge in [0.1, 0.15) is 12.4 Å². The van der Waals surface area contributed by atoms with Crippen molar-refractivity contribution in [3.8, 4) is 5.75 Å². The van der Waals surface area contributed by atoms with E-state index in [1.807, 2.05) is 0 Å². The van der Waals surface area contributed by atoms with E-state index in [2.05, 4.69) is 25.4 Å². The van der Waals surface area contributed by atoms with Crippen molar-refractivity contribution in [2.75, 3.05) is 0 Å². The van der Waals surface area contributed by atoms with Crippen molar-refractivity contribution in [1.29, 1.82) is 0 Å². The van der Waals surface area contributed by atoms with Crippen molar-refractivity contribution in [3.63, 3.8) is 0 Å². The molecule has 0 atom stereocenters. The molecule has 0 amide bonds. The zero-order valence-electron chi connectivity index (χ0n) is 15.2. The number of benzene rings is 1. The Hall–Kier alpha value is -2.34. The van der Waals surface area contributed by atoms with E-state index in [-0.39, 0.29) is 4.47 Å². The van der Waals surface area contributed by atoms with E-state index in [4.69, 9.17) is 0 Å². The first kappa shape index (κ1) is 29.7. The summed E-state index contributed by atoms with van der Waals surface area (Å²) >= 11 is 2.65. The molecule has 0 heterocycles. The topological polar surface area (TPSA) is 52.6 Å². The lowest BCUT2D eigenvalue weighted by atomic mass is 10.1. The second-order valence-electron chi connectivity index (χ2n) is 6.01. The van der Waals surface area contributed by atoms with Gasteiger partial charge in [0, 0.05) is 10.0 Å². The molecule has 0 aromatic heterocycles. The number of rotatable bonds is 7. The van der Waals surface area contributed by atoms with Crippen LogP contribution in [0.3, 0.4) is 0 Å². The fourth-order valence-corrected chi connectivity index (χ4v) is 2.18. The van der Waals surface area contributed by atoms with Crippen molar-refractivity contribution >= 4 is 27.9 Å². The third-order valence-electron chi connectivity index (χ3n) is 3.60. The monoisotopic (exact) mass is 594 g/mol. The maximum Gasteiger partial charge on any atom is 0.460 e. The lowest BCUT2D eigenvalue weighted by Gasteiger charge is -2.27. The summed E-state index contributed by atoms with van der Waals surface area (Å²) in [5.41, 5.74) is -1.08. The molecule has 0 radical (unpaired) electrons. The number of ether oxygens (including phenoxy) is 2. The maximum absolute atomic E-state index is 13.4. The van der Waals surface area contributed by atoms with Crippen LogP contribution in [0.1, 0.15) is 5.56 Å². The van der Waals surface area contributed by atoms with Gasteiger partial charge in [0.2, 0.25) is 0 Å². The van der Waals surface area contributed by atoms with Crippen LogP contribution < -0.4 is 4.74 Å². The molecule has 1 aromatic carbocycles. The Labute approximate surface area is 185 Å². The van der Waals surface area contributed by atoms with Gasteiger partial charge < -0.3 is 9.47 Å². The molecule has 0 saturated carbocycles. The number of carbonyl (C=O) groups excluding carboxylic acids is 2. The van der Waals surface area contributed by atoms with Crippen molar-refractivity contribution in [1.82, 2.24) is 0 Å². The highest BCUT2D eigenvalue weighted by Gasteiger charge is 2.78. The molecule has 0 fully saturated rings. The highest BCUT2D eigenvalue weighted by molar-refractivity contribution is 9.10. The van der Waals surface area contributed by atoms with Gasteiger partial charge in [-0.3, -0.25) is 0 Å². The molecule has 0 aliphatic rings. The predicted molar refractivity (Wildman–Crippen MR) is 81.5 cm³/mol. The highest BCUT2D eigenvalue weighted by Crippen LogP contribution is 2.48. The summed E-state index contributed by atoms with van der Waals surface area (Å²) < 4.78 is 185. The summed E-state index contributed by atoms with van der Waals surface area (Å²) in [7, 11) is 0. The van der Waals surface area contributed by atoms with Gasteiger partial charge in [-0.05, 0) is 18.2 Å². The minimum absolute atomic E-state index is 0.210. The number of esters is 2. The van der Waals surface area contributed by atoms with Crippen molar-refractivity contribution in [2.45, 2.75) is 42.6 Å². The van der Waals surface area contributed by atoms with Gasteiger partial charge in [-0.25, -0.2) is 9.59 Å². The molecule has 0 unspecified atom stereocenters. The zero-order chi connectivity index (χ0) is 27.1. The van der Waals surface area contributed by atoms with E-state index >= 15 is 0 Å². The van der Waals surface area contributed by atoms with Crippen molar-refractivity contribution < 1.29 is 80.5 Å². The highest BCUT2D eigenvalue weighted by atomic mass is 79.9. The molecule has 19 heteroatoms. The predicted octanol–water partition coefficient (Wildman–Crippen LogP) is 6.06. The first-order chi connectivity index (χ1) is 14.9. The Morgan fingerprint density at radius 1 is 0.706 bits per heavy atom. The Balaban J connectivity index is 3.20. The van der Waals surface area contributed by atoms with Crippen molar-refractivity contribution in [2.24, 2.45) is 0 Å². The van der Waals surface area contributed by atoms with E-state index in [9.17, 15) is 71.1 Å². The summed E-state index contributed by atoms with van der Waals surface area (Å²) in [4.78, 5) is 22.4. The van der Waals surface area contributed by atoms with Gasteiger partial charge >= 0.3 is 48.0 Å². The molecule has 0 aliphatic carbocycles. The first-order valence-electron chi connectivity index (χ1n) is 7.74. The Morgan fingerprint density at radius 3 is 1.53 bits per heavy atom. The lowest BCUT2D eigenvalue weighted by Crippen LogP contribution is -2.57. The van der Waals surface area contributed by atoms with Crippen molar-refractivity contribution in [3.05, 3.63) is 28.2 Å². The van der Waals surface area contributed by atoms with E-state index in [1.54, 1.807) is 0 Å². The van der Waals surface area contributed by atoms with Gasteiger partial charge in [-0.15, -0.1) is 0 Å². The maximum atomic E-state index is 13.4. The number of hydrogen-bond acceptors (Lipinski definition) is 4. The summed E-state index contributed by atoms with van der Waals surface area (Å²) in [5, 5.41) is 0.